The molecule has 1 heterocycles. The fraction of sp³-hybridized carbons (Fsp3) is 0.294. The minimum atomic E-state index is 0.420. The van der Waals surface area contributed by atoms with Crippen LogP contribution in [0.4, 0.5) is 11.5 Å². The molecule has 108 valence electrons. The van der Waals surface area contributed by atoms with E-state index in [-0.39, 0.29) is 0 Å². The lowest BCUT2D eigenvalue weighted by Gasteiger charge is -2.10. The summed E-state index contributed by atoms with van der Waals surface area (Å²) in [7, 11) is 0. The van der Waals surface area contributed by atoms with E-state index < -0.39 is 0 Å². The maximum absolute atomic E-state index is 7.20. The van der Waals surface area contributed by atoms with Crippen LogP contribution < -0.4 is 10.5 Å². The molecular formula is C17H19N3O. The predicted octanol–water partition coefficient (Wildman–Crippen LogP) is 3.84. The second-order valence-corrected chi connectivity index (χ2v) is 5.33. The largest absolute Gasteiger partial charge is 0.493 e. The quantitative estimate of drug-likeness (QED) is 0.847. The van der Waals surface area contributed by atoms with E-state index in [0.29, 0.717) is 30.5 Å². The van der Waals surface area contributed by atoms with Gasteiger partial charge in [0.25, 0.3) is 0 Å². The Morgan fingerprint density at radius 1 is 1.24 bits per heavy atom. The first kappa shape index (κ1) is 14.9. The molecule has 2 aromatic rings. The molecule has 4 nitrogen and oxygen atoms in total. The molecule has 0 bridgehead atoms. The van der Waals surface area contributed by atoms with E-state index in [0.717, 1.165) is 16.9 Å². The molecule has 21 heavy (non-hydrogen) atoms. The topological polar surface area (TPSA) is 52.5 Å². The Kier molecular flexibility index (Phi) is 4.78. The Bertz CT molecular complexity index is 642. The maximum Gasteiger partial charge on any atom is 0.195 e. The molecule has 1 aromatic heterocycles. The molecule has 0 amide bonds. The molecule has 0 saturated heterocycles. The van der Waals surface area contributed by atoms with Gasteiger partial charge in [-0.2, -0.15) is 0 Å². The Balaban J connectivity index is 2.13. The molecule has 0 radical (unpaired) electrons. The number of ether oxygens (including phenoxy) is 1. The third-order valence-corrected chi connectivity index (χ3v) is 3.07. The molecule has 4 heteroatoms. The SMILES string of the molecule is [C-]#[N+]c1ccnc(N)c1Cc1ccc(OCC(C)C)cc1. The Morgan fingerprint density at radius 2 is 1.95 bits per heavy atom. The number of nitrogen functional groups attached to an aromatic ring is 1. The van der Waals surface area contributed by atoms with Crippen LogP contribution in [0, 0.1) is 12.5 Å². The lowest BCUT2D eigenvalue weighted by Crippen LogP contribution is -2.04. The van der Waals surface area contributed by atoms with Crippen molar-refractivity contribution in [3.63, 3.8) is 0 Å². The van der Waals surface area contributed by atoms with Crippen LogP contribution in [0.5, 0.6) is 5.75 Å². The van der Waals surface area contributed by atoms with E-state index in [4.69, 9.17) is 17.0 Å². The molecule has 0 aliphatic carbocycles. The maximum atomic E-state index is 7.20. The molecule has 0 fully saturated rings. The van der Waals surface area contributed by atoms with Gasteiger partial charge in [-0.3, -0.25) is 0 Å². The van der Waals surface area contributed by atoms with Gasteiger partial charge >= 0.3 is 0 Å². The highest BCUT2D eigenvalue weighted by Gasteiger charge is 2.08. The number of nitrogens with zero attached hydrogens (tertiary/aromatic N) is 2. The van der Waals surface area contributed by atoms with Crippen LogP contribution >= 0.6 is 0 Å². The summed E-state index contributed by atoms with van der Waals surface area (Å²) in [6.07, 6.45) is 2.16. The molecule has 2 N–H and O–H groups in total. The molecule has 0 atom stereocenters. The normalized spacial score (nSPS) is 10.4. The molecule has 0 aliphatic rings. The van der Waals surface area contributed by atoms with Gasteiger partial charge in [0.2, 0.25) is 0 Å². The zero-order valence-electron chi connectivity index (χ0n) is 12.3. The zero-order valence-corrected chi connectivity index (χ0v) is 12.3. The van der Waals surface area contributed by atoms with Gasteiger partial charge in [0.15, 0.2) is 5.69 Å². The first-order chi connectivity index (χ1) is 10.1. The van der Waals surface area contributed by atoms with Gasteiger partial charge in [-0.1, -0.05) is 26.0 Å². The van der Waals surface area contributed by atoms with Crippen molar-refractivity contribution < 1.29 is 4.74 Å². The molecule has 2 rings (SSSR count). The lowest BCUT2D eigenvalue weighted by molar-refractivity contribution is 0.271. The molecular weight excluding hydrogens is 262 g/mol. The molecule has 0 spiro atoms. The summed E-state index contributed by atoms with van der Waals surface area (Å²) in [6.45, 7) is 12.1. The van der Waals surface area contributed by atoms with Crippen molar-refractivity contribution in [1.82, 2.24) is 4.98 Å². The fourth-order valence-corrected chi connectivity index (χ4v) is 1.95. The first-order valence-corrected chi connectivity index (χ1v) is 6.92. The Morgan fingerprint density at radius 3 is 2.57 bits per heavy atom. The Labute approximate surface area is 125 Å². The highest BCUT2D eigenvalue weighted by molar-refractivity contribution is 5.61. The standard InChI is InChI=1S/C17H19N3O/c1-12(2)11-21-14-6-4-13(5-7-14)10-15-16(19-3)8-9-20-17(15)18/h4-9,12H,10-11H2,1-2H3,(H2,18,20). The van der Waals surface area contributed by atoms with Gasteiger partial charge < -0.3 is 10.5 Å². The third kappa shape index (κ3) is 3.96. The number of nitrogens with two attached hydrogens (primary N) is 1. The summed E-state index contributed by atoms with van der Waals surface area (Å²) < 4.78 is 5.66. The zero-order chi connectivity index (χ0) is 15.2. The second kappa shape index (κ2) is 6.76. The number of hydrogen-bond acceptors (Lipinski definition) is 3. The number of anilines is 1. The van der Waals surface area contributed by atoms with Crippen molar-refractivity contribution in [2.75, 3.05) is 12.3 Å². The van der Waals surface area contributed by atoms with Crippen molar-refractivity contribution in [3.05, 3.63) is 59.1 Å². The van der Waals surface area contributed by atoms with Gasteiger partial charge in [-0.15, -0.1) is 0 Å². The summed E-state index contributed by atoms with van der Waals surface area (Å²) in [5.74, 6) is 1.78. The van der Waals surface area contributed by atoms with E-state index in [1.54, 1.807) is 12.3 Å². The van der Waals surface area contributed by atoms with Gasteiger partial charge in [-0.05, 0) is 36.1 Å². The molecule has 1 aromatic carbocycles. The molecule has 0 aliphatic heterocycles. The van der Waals surface area contributed by atoms with Gasteiger partial charge in [0.05, 0.1) is 13.2 Å². The van der Waals surface area contributed by atoms with Gasteiger partial charge in [0, 0.05) is 11.8 Å². The average Bonchev–Trinajstić information content (AvgIpc) is 2.48. The van der Waals surface area contributed by atoms with Crippen molar-refractivity contribution in [2.24, 2.45) is 5.92 Å². The van der Waals surface area contributed by atoms with E-state index in [1.807, 2.05) is 24.3 Å². The van der Waals surface area contributed by atoms with Crippen LogP contribution in [0.3, 0.4) is 0 Å². The van der Waals surface area contributed by atoms with E-state index >= 15 is 0 Å². The van der Waals surface area contributed by atoms with Gasteiger partial charge in [-0.25, -0.2) is 9.83 Å². The summed E-state index contributed by atoms with van der Waals surface area (Å²) in [4.78, 5) is 7.56. The van der Waals surface area contributed by atoms with Crippen molar-refractivity contribution in [2.45, 2.75) is 20.3 Å². The van der Waals surface area contributed by atoms with E-state index in [2.05, 4.69) is 23.7 Å². The first-order valence-electron chi connectivity index (χ1n) is 6.92. The van der Waals surface area contributed by atoms with E-state index in [9.17, 15) is 0 Å². The highest BCUT2D eigenvalue weighted by Crippen LogP contribution is 2.26. The second-order valence-electron chi connectivity index (χ2n) is 5.33. The molecule has 0 saturated carbocycles. The predicted molar refractivity (Wildman–Crippen MR) is 84.5 cm³/mol. The number of pyridine rings is 1. The number of rotatable bonds is 5. The summed E-state index contributed by atoms with van der Waals surface area (Å²) in [6, 6.07) is 9.58. The van der Waals surface area contributed by atoms with Crippen LogP contribution in [-0.2, 0) is 6.42 Å². The van der Waals surface area contributed by atoms with Crippen LogP contribution in [-0.4, -0.2) is 11.6 Å². The summed E-state index contributed by atoms with van der Waals surface area (Å²) in [5, 5.41) is 0. The highest BCUT2D eigenvalue weighted by atomic mass is 16.5. The van der Waals surface area contributed by atoms with Crippen LogP contribution in [0.1, 0.15) is 25.0 Å². The Hall–Kier alpha value is -2.54. The van der Waals surface area contributed by atoms with Crippen molar-refractivity contribution >= 4 is 11.5 Å². The number of benzene rings is 1. The van der Waals surface area contributed by atoms with Crippen LogP contribution in [0.15, 0.2) is 36.5 Å². The van der Waals surface area contributed by atoms with Crippen molar-refractivity contribution in [1.29, 1.82) is 0 Å². The number of hydrogen-bond donors (Lipinski definition) is 1. The van der Waals surface area contributed by atoms with Crippen LogP contribution in [0.25, 0.3) is 4.85 Å². The van der Waals surface area contributed by atoms with Gasteiger partial charge in [0.1, 0.15) is 11.6 Å². The average molecular weight is 281 g/mol. The monoisotopic (exact) mass is 281 g/mol. The molecule has 0 unspecified atom stereocenters. The van der Waals surface area contributed by atoms with Crippen LogP contribution in [0.2, 0.25) is 0 Å². The third-order valence-electron chi connectivity index (χ3n) is 3.07. The minimum absolute atomic E-state index is 0.420. The lowest BCUT2D eigenvalue weighted by atomic mass is 10.0. The number of aromatic nitrogens is 1. The summed E-state index contributed by atoms with van der Waals surface area (Å²) >= 11 is 0. The smallest absolute Gasteiger partial charge is 0.195 e. The van der Waals surface area contributed by atoms with Crippen molar-refractivity contribution in [3.8, 4) is 5.75 Å². The fourth-order valence-electron chi connectivity index (χ4n) is 1.95. The van der Waals surface area contributed by atoms with E-state index in [1.165, 1.54) is 0 Å². The summed E-state index contributed by atoms with van der Waals surface area (Å²) in [5.41, 5.74) is 8.30. The minimum Gasteiger partial charge on any atom is -0.493 e.